The van der Waals surface area contributed by atoms with E-state index in [1.54, 1.807) is 9.13 Å². The molecular weight excluding hydrogens is 362 g/mol. The summed E-state index contributed by atoms with van der Waals surface area (Å²) >= 11 is 2.73. The van der Waals surface area contributed by atoms with Crippen molar-refractivity contribution in [2.45, 2.75) is 11.4 Å². The fourth-order valence-electron chi connectivity index (χ4n) is 0.881. The second-order valence-electron chi connectivity index (χ2n) is 2.13. The third-order valence-electron chi connectivity index (χ3n) is 1.38. The summed E-state index contributed by atoms with van der Waals surface area (Å²) in [5.41, 5.74) is 1.54. The summed E-state index contributed by atoms with van der Waals surface area (Å²) in [5.74, 6) is 0. The Kier molecular flexibility index (Phi) is 4.75. The van der Waals surface area contributed by atoms with Crippen LogP contribution in [-0.4, -0.2) is 4.43 Å². The van der Waals surface area contributed by atoms with Crippen molar-refractivity contribution >= 4 is 22.6 Å². The summed E-state index contributed by atoms with van der Waals surface area (Å²) in [6, 6.07) is 8.82. The molecule has 0 spiro atoms. The SMILES string of the molecule is CC[I-]c1ccccc1CI. The quantitative estimate of drug-likeness (QED) is 0.513. The minimum atomic E-state index is 0.297. The normalized spacial score (nSPS) is 10.4. The molecular formula is C9H11I2-. The van der Waals surface area contributed by atoms with Gasteiger partial charge in [0.15, 0.2) is 0 Å². The Bertz CT molecular complexity index is 221. The first-order chi connectivity index (χ1) is 5.38. The average molecular weight is 373 g/mol. The Hall–Kier alpha value is 0.680. The second kappa shape index (κ2) is 5.35. The molecule has 0 amide bonds. The molecule has 0 heterocycles. The average Bonchev–Trinajstić information content (AvgIpc) is 2.06. The van der Waals surface area contributed by atoms with Crippen LogP contribution in [0.25, 0.3) is 0 Å². The van der Waals surface area contributed by atoms with Gasteiger partial charge in [0.1, 0.15) is 0 Å². The monoisotopic (exact) mass is 373 g/mol. The summed E-state index contributed by atoms with van der Waals surface area (Å²) in [6.45, 7) is 2.28. The molecule has 11 heavy (non-hydrogen) atoms. The van der Waals surface area contributed by atoms with Gasteiger partial charge in [-0.2, -0.15) is 0 Å². The minimum absolute atomic E-state index is 0.297. The van der Waals surface area contributed by atoms with Gasteiger partial charge in [0.2, 0.25) is 0 Å². The van der Waals surface area contributed by atoms with Crippen LogP contribution in [0.15, 0.2) is 24.3 Å². The molecule has 1 rings (SSSR count). The van der Waals surface area contributed by atoms with Crippen LogP contribution in [0.4, 0.5) is 0 Å². The first kappa shape index (κ1) is 9.77. The number of hydrogen-bond donors (Lipinski definition) is 0. The van der Waals surface area contributed by atoms with E-state index in [1.807, 2.05) is 0 Å². The molecule has 0 aliphatic rings. The van der Waals surface area contributed by atoms with E-state index in [0.29, 0.717) is 21.2 Å². The molecule has 0 aliphatic heterocycles. The summed E-state index contributed by atoms with van der Waals surface area (Å²) in [5, 5.41) is 0. The van der Waals surface area contributed by atoms with Crippen molar-refractivity contribution in [2.75, 3.05) is 4.43 Å². The number of benzene rings is 1. The topological polar surface area (TPSA) is 0 Å². The second-order valence-corrected chi connectivity index (χ2v) is 6.34. The van der Waals surface area contributed by atoms with Crippen LogP contribution in [0.5, 0.6) is 0 Å². The molecule has 0 bridgehead atoms. The molecule has 0 saturated heterocycles. The van der Waals surface area contributed by atoms with Gasteiger partial charge in [-0.3, -0.25) is 0 Å². The first-order valence-electron chi connectivity index (χ1n) is 3.61. The van der Waals surface area contributed by atoms with Gasteiger partial charge in [-0.25, -0.2) is 0 Å². The van der Waals surface area contributed by atoms with Gasteiger partial charge in [0, 0.05) is 0 Å². The molecule has 0 N–H and O–H groups in total. The Balaban J connectivity index is 2.83. The van der Waals surface area contributed by atoms with E-state index >= 15 is 0 Å². The van der Waals surface area contributed by atoms with Crippen molar-refractivity contribution < 1.29 is 21.2 Å². The molecule has 0 atom stereocenters. The van der Waals surface area contributed by atoms with E-state index in [-0.39, 0.29) is 0 Å². The summed E-state index contributed by atoms with van der Waals surface area (Å²) in [6.07, 6.45) is 0. The summed E-state index contributed by atoms with van der Waals surface area (Å²) < 4.78 is 4.14. The van der Waals surface area contributed by atoms with Crippen molar-refractivity contribution in [3.05, 3.63) is 33.4 Å². The maximum absolute atomic E-state index is 2.44. The van der Waals surface area contributed by atoms with Gasteiger partial charge in [-0.05, 0) is 0 Å². The van der Waals surface area contributed by atoms with Gasteiger partial charge < -0.3 is 0 Å². The van der Waals surface area contributed by atoms with Crippen LogP contribution in [0.1, 0.15) is 12.5 Å². The fraction of sp³-hybridized carbons (Fsp3) is 0.333. The van der Waals surface area contributed by atoms with Gasteiger partial charge in [0.25, 0.3) is 0 Å². The van der Waals surface area contributed by atoms with Crippen LogP contribution in [0.3, 0.4) is 0 Å². The van der Waals surface area contributed by atoms with Gasteiger partial charge in [-0.1, -0.05) is 0 Å². The number of alkyl halides is 2. The summed E-state index contributed by atoms with van der Waals surface area (Å²) in [4.78, 5) is 0. The van der Waals surface area contributed by atoms with Crippen LogP contribution >= 0.6 is 22.6 Å². The van der Waals surface area contributed by atoms with Crippen LogP contribution < -0.4 is 21.2 Å². The van der Waals surface area contributed by atoms with Crippen LogP contribution in [-0.2, 0) is 4.43 Å². The standard InChI is InChI=1S/C9H11I2/c1-2-11-9-6-4-3-5-8(9)7-10/h3-6H,2,7H2,1H3/q-1. The van der Waals surface area contributed by atoms with Crippen molar-refractivity contribution in [3.63, 3.8) is 0 Å². The Morgan fingerprint density at radius 3 is 2.73 bits per heavy atom. The number of rotatable bonds is 3. The van der Waals surface area contributed by atoms with Crippen molar-refractivity contribution in [1.82, 2.24) is 0 Å². The van der Waals surface area contributed by atoms with Crippen molar-refractivity contribution in [3.8, 4) is 0 Å². The molecule has 0 aliphatic carbocycles. The van der Waals surface area contributed by atoms with E-state index in [0.717, 1.165) is 4.43 Å². The van der Waals surface area contributed by atoms with Gasteiger partial charge in [0.05, 0.1) is 0 Å². The zero-order valence-electron chi connectivity index (χ0n) is 6.48. The van der Waals surface area contributed by atoms with E-state index in [4.69, 9.17) is 0 Å². The van der Waals surface area contributed by atoms with E-state index < -0.39 is 0 Å². The zero-order chi connectivity index (χ0) is 8.10. The van der Waals surface area contributed by atoms with E-state index in [9.17, 15) is 0 Å². The van der Waals surface area contributed by atoms with Crippen LogP contribution in [0, 0.1) is 3.57 Å². The molecule has 0 fully saturated rings. The van der Waals surface area contributed by atoms with Gasteiger partial charge >= 0.3 is 93.0 Å². The predicted octanol–water partition coefficient (Wildman–Crippen LogP) is -0.0999. The summed E-state index contributed by atoms with van der Waals surface area (Å²) in [7, 11) is 0. The Labute approximate surface area is 92.2 Å². The van der Waals surface area contributed by atoms with E-state index in [2.05, 4.69) is 53.8 Å². The zero-order valence-corrected chi connectivity index (χ0v) is 10.8. The van der Waals surface area contributed by atoms with Crippen molar-refractivity contribution in [1.29, 1.82) is 0 Å². The third kappa shape index (κ3) is 2.89. The molecule has 0 aromatic heterocycles. The molecule has 0 saturated carbocycles. The van der Waals surface area contributed by atoms with Crippen LogP contribution in [0.2, 0.25) is 0 Å². The van der Waals surface area contributed by atoms with E-state index in [1.165, 1.54) is 4.43 Å². The predicted molar refractivity (Wildman–Crippen MR) is 53.4 cm³/mol. The number of halogens is 2. The molecule has 0 unspecified atom stereocenters. The molecule has 0 radical (unpaired) electrons. The fourth-order valence-corrected chi connectivity index (χ4v) is 4.42. The molecule has 62 valence electrons. The maximum atomic E-state index is 2.44. The van der Waals surface area contributed by atoms with Crippen molar-refractivity contribution in [2.24, 2.45) is 0 Å². The third-order valence-corrected chi connectivity index (χ3v) is 4.84. The number of hydrogen-bond acceptors (Lipinski definition) is 0. The molecule has 1 aromatic rings. The molecule has 0 nitrogen and oxygen atoms in total. The first-order valence-corrected chi connectivity index (χ1v) is 7.74. The Morgan fingerprint density at radius 1 is 1.36 bits per heavy atom. The molecule has 1 aromatic carbocycles. The Morgan fingerprint density at radius 2 is 2.09 bits per heavy atom. The molecule has 2 heteroatoms. The van der Waals surface area contributed by atoms with Gasteiger partial charge in [-0.15, -0.1) is 0 Å².